The van der Waals surface area contributed by atoms with Gasteiger partial charge < -0.3 is 5.32 Å². The molecule has 0 aromatic heterocycles. The van der Waals surface area contributed by atoms with Gasteiger partial charge in [-0.05, 0) is 29.7 Å². The molecule has 1 amide bonds. The summed E-state index contributed by atoms with van der Waals surface area (Å²) in [6.45, 7) is 3.95. The first-order valence-electron chi connectivity index (χ1n) is 7.83. The van der Waals surface area contributed by atoms with Crippen molar-refractivity contribution < 1.29 is 13.2 Å². The summed E-state index contributed by atoms with van der Waals surface area (Å²) in [6.07, 6.45) is 0. The van der Waals surface area contributed by atoms with Crippen molar-refractivity contribution >= 4 is 21.6 Å². The molecule has 3 rings (SSSR count). The number of carbonyl (C=O) groups is 1. The summed E-state index contributed by atoms with van der Waals surface area (Å²) >= 11 is 0. The second kappa shape index (κ2) is 5.94. The molecular formula is C18H20N2O3S. The number of nitrogens with zero attached hydrogens (tertiary/aromatic N) is 1. The van der Waals surface area contributed by atoms with E-state index in [9.17, 15) is 13.2 Å². The van der Waals surface area contributed by atoms with Crippen molar-refractivity contribution in [1.29, 1.82) is 0 Å². The highest BCUT2D eigenvalue weighted by Crippen LogP contribution is 2.43. The number of rotatable bonds is 3. The van der Waals surface area contributed by atoms with Gasteiger partial charge in [-0.1, -0.05) is 38.1 Å². The van der Waals surface area contributed by atoms with Crippen LogP contribution in [0.25, 0.3) is 11.1 Å². The van der Waals surface area contributed by atoms with Crippen molar-refractivity contribution in [3.63, 3.8) is 0 Å². The topological polar surface area (TPSA) is 66.5 Å². The first kappa shape index (κ1) is 16.5. The lowest BCUT2D eigenvalue weighted by Crippen LogP contribution is -2.41. The minimum atomic E-state index is -3.76. The number of benzene rings is 2. The molecule has 1 heterocycles. The van der Waals surface area contributed by atoms with Crippen LogP contribution in [0.15, 0.2) is 47.4 Å². The molecule has 6 heteroatoms. The van der Waals surface area contributed by atoms with Gasteiger partial charge in [-0.3, -0.25) is 9.10 Å². The fraction of sp³-hybridized carbons (Fsp3) is 0.278. The van der Waals surface area contributed by atoms with Gasteiger partial charge in [0.15, 0.2) is 0 Å². The fourth-order valence-corrected chi connectivity index (χ4v) is 4.54. The maximum Gasteiger partial charge on any atom is 0.265 e. The Bertz CT molecular complexity index is 904. The van der Waals surface area contributed by atoms with Crippen LogP contribution in [-0.2, 0) is 14.8 Å². The van der Waals surface area contributed by atoms with Crippen molar-refractivity contribution in [3.8, 4) is 11.1 Å². The molecule has 0 bridgehead atoms. The summed E-state index contributed by atoms with van der Waals surface area (Å²) in [5, 5.41) is 2.49. The molecule has 0 aliphatic carbocycles. The quantitative estimate of drug-likeness (QED) is 0.931. The van der Waals surface area contributed by atoms with E-state index in [0.717, 1.165) is 11.1 Å². The van der Waals surface area contributed by atoms with Gasteiger partial charge in [-0.15, -0.1) is 0 Å². The number of carbonyl (C=O) groups excluding carboxylic acids is 1. The molecule has 0 saturated carbocycles. The monoisotopic (exact) mass is 344 g/mol. The zero-order valence-electron chi connectivity index (χ0n) is 13.9. The molecule has 0 atom stereocenters. The van der Waals surface area contributed by atoms with Crippen LogP contribution in [0.2, 0.25) is 0 Å². The third-order valence-corrected chi connectivity index (χ3v) is 6.09. The minimum absolute atomic E-state index is 0.235. The molecule has 126 valence electrons. The van der Waals surface area contributed by atoms with Crippen LogP contribution in [0, 0.1) is 0 Å². The number of nitrogens with one attached hydrogen (secondary N) is 1. The molecule has 2 aromatic carbocycles. The molecule has 0 fully saturated rings. The zero-order chi connectivity index (χ0) is 17.5. The number of hydrogen-bond acceptors (Lipinski definition) is 3. The van der Waals surface area contributed by atoms with E-state index >= 15 is 0 Å². The van der Waals surface area contributed by atoms with Crippen molar-refractivity contribution in [1.82, 2.24) is 5.32 Å². The average molecular weight is 344 g/mol. The Labute approximate surface area is 142 Å². The summed E-state index contributed by atoms with van der Waals surface area (Å²) in [6, 6.07) is 12.7. The zero-order valence-corrected chi connectivity index (χ0v) is 14.7. The number of sulfonamides is 1. The van der Waals surface area contributed by atoms with Crippen LogP contribution >= 0.6 is 0 Å². The molecular weight excluding hydrogens is 324 g/mol. The predicted octanol–water partition coefficient (Wildman–Crippen LogP) is 2.73. The van der Waals surface area contributed by atoms with Crippen LogP contribution in [0.4, 0.5) is 5.69 Å². The summed E-state index contributed by atoms with van der Waals surface area (Å²) in [4.78, 5) is 12.1. The SMILES string of the molecule is CNC(=O)CN1c2ccc(C(C)C)cc2-c2ccccc2S1(=O)=O. The Morgan fingerprint density at radius 1 is 1.12 bits per heavy atom. The van der Waals surface area contributed by atoms with Crippen molar-refractivity contribution in [2.75, 3.05) is 17.9 Å². The maximum atomic E-state index is 13.0. The van der Waals surface area contributed by atoms with Crippen molar-refractivity contribution in [2.24, 2.45) is 0 Å². The third kappa shape index (κ3) is 2.57. The van der Waals surface area contributed by atoms with Crippen LogP contribution in [-0.4, -0.2) is 27.9 Å². The Morgan fingerprint density at radius 3 is 2.50 bits per heavy atom. The Morgan fingerprint density at radius 2 is 1.83 bits per heavy atom. The van der Waals surface area contributed by atoms with E-state index in [4.69, 9.17) is 0 Å². The predicted molar refractivity (Wildman–Crippen MR) is 94.6 cm³/mol. The normalized spacial score (nSPS) is 14.9. The molecule has 2 aromatic rings. The largest absolute Gasteiger partial charge is 0.358 e. The number of fused-ring (bicyclic) bond motifs is 3. The lowest BCUT2D eigenvalue weighted by molar-refractivity contribution is -0.119. The lowest BCUT2D eigenvalue weighted by atomic mass is 9.95. The van der Waals surface area contributed by atoms with E-state index in [-0.39, 0.29) is 17.3 Å². The van der Waals surface area contributed by atoms with Gasteiger partial charge in [-0.2, -0.15) is 0 Å². The van der Waals surface area contributed by atoms with Gasteiger partial charge in [0.05, 0.1) is 10.6 Å². The highest BCUT2D eigenvalue weighted by Gasteiger charge is 2.35. The lowest BCUT2D eigenvalue weighted by Gasteiger charge is -2.32. The average Bonchev–Trinajstić information content (AvgIpc) is 2.58. The molecule has 5 nitrogen and oxygen atoms in total. The van der Waals surface area contributed by atoms with Gasteiger partial charge in [0.2, 0.25) is 5.91 Å². The van der Waals surface area contributed by atoms with Crippen LogP contribution in [0.1, 0.15) is 25.3 Å². The number of likely N-dealkylation sites (N-methyl/N-ethyl adjacent to an activating group) is 1. The van der Waals surface area contributed by atoms with Crippen LogP contribution < -0.4 is 9.62 Å². The van der Waals surface area contributed by atoms with Gasteiger partial charge in [-0.25, -0.2) is 8.42 Å². The standard InChI is InChI=1S/C18H20N2O3S/c1-12(2)13-8-9-16-15(10-13)14-6-4-5-7-17(14)24(22,23)20(16)11-18(21)19-3/h4-10,12H,11H2,1-3H3,(H,19,21). The minimum Gasteiger partial charge on any atom is -0.358 e. The van der Waals surface area contributed by atoms with Crippen LogP contribution in [0.5, 0.6) is 0 Å². The number of anilines is 1. The molecule has 0 unspecified atom stereocenters. The highest BCUT2D eigenvalue weighted by atomic mass is 32.2. The van der Waals surface area contributed by atoms with Crippen molar-refractivity contribution in [3.05, 3.63) is 48.0 Å². The summed E-state index contributed by atoms with van der Waals surface area (Å²) in [7, 11) is -2.27. The van der Waals surface area contributed by atoms with E-state index < -0.39 is 10.0 Å². The smallest absolute Gasteiger partial charge is 0.265 e. The van der Waals surface area contributed by atoms with Gasteiger partial charge in [0.25, 0.3) is 10.0 Å². The van der Waals surface area contributed by atoms with E-state index in [1.807, 2.05) is 24.3 Å². The molecule has 24 heavy (non-hydrogen) atoms. The molecule has 1 aliphatic rings. The van der Waals surface area contributed by atoms with Crippen molar-refractivity contribution in [2.45, 2.75) is 24.7 Å². The molecule has 1 N–H and O–H groups in total. The summed E-state index contributed by atoms with van der Waals surface area (Å²) in [5.41, 5.74) is 3.20. The first-order valence-corrected chi connectivity index (χ1v) is 9.27. The van der Waals surface area contributed by atoms with E-state index in [1.54, 1.807) is 18.2 Å². The fourth-order valence-electron chi connectivity index (χ4n) is 2.89. The highest BCUT2D eigenvalue weighted by molar-refractivity contribution is 7.93. The van der Waals surface area contributed by atoms with Crippen LogP contribution in [0.3, 0.4) is 0 Å². The summed E-state index contributed by atoms with van der Waals surface area (Å²) in [5.74, 6) is -0.0229. The molecule has 0 saturated heterocycles. The maximum absolute atomic E-state index is 13.0. The Hall–Kier alpha value is -2.34. The Balaban J connectivity index is 2.27. The second-order valence-corrected chi connectivity index (χ2v) is 7.94. The van der Waals surface area contributed by atoms with Gasteiger partial charge in [0, 0.05) is 18.2 Å². The number of hydrogen-bond donors (Lipinski definition) is 1. The second-order valence-electron chi connectivity index (χ2n) is 6.11. The summed E-state index contributed by atoms with van der Waals surface area (Å²) < 4.78 is 27.2. The van der Waals surface area contributed by atoms with Gasteiger partial charge in [0.1, 0.15) is 6.54 Å². The first-order chi connectivity index (χ1) is 11.4. The van der Waals surface area contributed by atoms with E-state index in [2.05, 4.69) is 19.2 Å². The molecule has 1 aliphatic heterocycles. The van der Waals surface area contributed by atoms with E-state index in [1.165, 1.54) is 11.4 Å². The number of amides is 1. The third-order valence-electron chi connectivity index (χ3n) is 4.27. The Kier molecular flexibility index (Phi) is 4.09. The van der Waals surface area contributed by atoms with E-state index in [0.29, 0.717) is 17.2 Å². The van der Waals surface area contributed by atoms with Gasteiger partial charge >= 0.3 is 0 Å². The molecule has 0 spiro atoms. The molecule has 0 radical (unpaired) electrons.